The molecule has 0 saturated carbocycles. The lowest BCUT2D eigenvalue weighted by Gasteiger charge is -2.25. The van der Waals surface area contributed by atoms with Gasteiger partial charge in [-0.15, -0.1) is 0 Å². The Kier molecular flexibility index (Phi) is 4.94. The van der Waals surface area contributed by atoms with Gasteiger partial charge in [0.1, 0.15) is 5.82 Å². The molecule has 2 heterocycles. The second kappa shape index (κ2) is 7.53. The van der Waals surface area contributed by atoms with Gasteiger partial charge < -0.3 is 9.67 Å². The zero-order valence-corrected chi connectivity index (χ0v) is 15.6. The van der Waals surface area contributed by atoms with Crippen molar-refractivity contribution in [2.24, 2.45) is 0 Å². The second-order valence-electron chi connectivity index (χ2n) is 7.11. The van der Waals surface area contributed by atoms with E-state index in [0.29, 0.717) is 11.6 Å². The van der Waals surface area contributed by atoms with Crippen molar-refractivity contribution in [3.05, 3.63) is 65.5 Å². The van der Waals surface area contributed by atoms with Gasteiger partial charge in [0.25, 0.3) is 0 Å². The molecular weight excluding hydrogens is 338 g/mol. The maximum Gasteiger partial charge on any atom is 0.335 e. The maximum atomic E-state index is 11.5. The van der Waals surface area contributed by atoms with Crippen molar-refractivity contribution >= 4 is 17.0 Å². The van der Waals surface area contributed by atoms with Crippen molar-refractivity contribution in [3.8, 4) is 0 Å². The maximum absolute atomic E-state index is 11.5. The van der Waals surface area contributed by atoms with Crippen molar-refractivity contribution in [3.63, 3.8) is 0 Å². The predicted molar refractivity (Wildman–Crippen MR) is 106 cm³/mol. The number of carboxylic acids is 1. The molecule has 0 spiro atoms. The van der Waals surface area contributed by atoms with E-state index in [1.807, 2.05) is 18.2 Å². The second-order valence-corrected chi connectivity index (χ2v) is 7.11. The first kappa shape index (κ1) is 17.7. The van der Waals surface area contributed by atoms with Crippen molar-refractivity contribution in [1.82, 2.24) is 14.5 Å². The van der Waals surface area contributed by atoms with E-state index < -0.39 is 5.97 Å². The Morgan fingerprint density at radius 2 is 1.96 bits per heavy atom. The summed E-state index contributed by atoms with van der Waals surface area (Å²) in [5, 5.41) is 9.41. The van der Waals surface area contributed by atoms with Crippen molar-refractivity contribution < 1.29 is 9.90 Å². The molecule has 3 aromatic rings. The number of aromatic carboxylic acids is 1. The Balaban J connectivity index is 1.58. The lowest BCUT2D eigenvalue weighted by Crippen LogP contribution is -2.28. The molecule has 1 atom stereocenters. The monoisotopic (exact) mass is 363 g/mol. The molecule has 27 heavy (non-hydrogen) atoms. The standard InChI is InChI=1S/C22H25N3O2/c1-2-25-19-11-6-5-10-18(19)23-21(25)20-12-7-14-24(20)15-13-16-8-3-4-9-17(16)22(26)27/h3-6,8-11,20H,2,7,12-15H2,1H3,(H,26,27). The lowest BCUT2D eigenvalue weighted by molar-refractivity contribution is 0.0695. The number of hydrogen-bond donors (Lipinski definition) is 1. The molecule has 0 radical (unpaired) electrons. The van der Waals surface area contributed by atoms with Crippen LogP contribution in [0.2, 0.25) is 0 Å². The number of rotatable bonds is 6. The fraction of sp³-hybridized carbons (Fsp3) is 0.364. The van der Waals surface area contributed by atoms with Gasteiger partial charge in [0, 0.05) is 13.1 Å². The summed E-state index contributed by atoms with van der Waals surface area (Å²) in [4.78, 5) is 18.9. The SMILES string of the molecule is CCn1c(C2CCCN2CCc2ccccc2C(=O)O)nc2ccccc21. The number of para-hydroxylation sites is 2. The lowest BCUT2D eigenvalue weighted by atomic mass is 10.0. The summed E-state index contributed by atoms with van der Waals surface area (Å²) in [5.41, 5.74) is 3.56. The molecule has 1 aromatic heterocycles. The molecule has 1 aliphatic heterocycles. The Bertz CT molecular complexity index is 963. The van der Waals surface area contributed by atoms with E-state index in [0.717, 1.165) is 55.8 Å². The minimum atomic E-state index is -0.851. The fourth-order valence-electron chi connectivity index (χ4n) is 4.28. The summed E-state index contributed by atoms with van der Waals surface area (Å²) < 4.78 is 2.32. The van der Waals surface area contributed by atoms with Crippen LogP contribution in [0.15, 0.2) is 48.5 Å². The minimum Gasteiger partial charge on any atom is -0.478 e. The average Bonchev–Trinajstić information content (AvgIpc) is 3.30. The topological polar surface area (TPSA) is 58.4 Å². The average molecular weight is 363 g/mol. The number of hydrogen-bond acceptors (Lipinski definition) is 3. The molecule has 5 nitrogen and oxygen atoms in total. The van der Waals surface area contributed by atoms with Gasteiger partial charge in [0.05, 0.1) is 22.6 Å². The van der Waals surface area contributed by atoms with E-state index >= 15 is 0 Å². The molecule has 2 aromatic carbocycles. The number of aryl methyl sites for hydroxylation is 1. The molecule has 5 heteroatoms. The van der Waals surface area contributed by atoms with Crippen molar-refractivity contribution in [2.75, 3.05) is 13.1 Å². The molecule has 0 aliphatic carbocycles. The van der Waals surface area contributed by atoms with Gasteiger partial charge in [0.15, 0.2) is 0 Å². The van der Waals surface area contributed by atoms with Crippen LogP contribution in [0.4, 0.5) is 0 Å². The molecule has 1 aliphatic rings. The number of fused-ring (bicyclic) bond motifs is 1. The van der Waals surface area contributed by atoms with E-state index in [1.54, 1.807) is 12.1 Å². The van der Waals surface area contributed by atoms with Crippen LogP contribution < -0.4 is 0 Å². The van der Waals surface area contributed by atoms with Crippen LogP contribution in [-0.4, -0.2) is 38.6 Å². The van der Waals surface area contributed by atoms with Gasteiger partial charge in [0.2, 0.25) is 0 Å². The van der Waals surface area contributed by atoms with Crippen LogP contribution in [0.1, 0.15) is 47.6 Å². The Labute approximate surface area is 159 Å². The minimum absolute atomic E-state index is 0.300. The van der Waals surface area contributed by atoms with Gasteiger partial charge in [-0.2, -0.15) is 0 Å². The highest BCUT2D eigenvalue weighted by Gasteiger charge is 2.30. The van der Waals surface area contributed by atoms with Gasteiger partial charge in [-0.25, -0.2) is 9.78 Å². The first-order valence-electron chi connectivity index (χ1n) is 9.69. The summed E-state index contributed by atoms with van der Waals surface area (Å²) in [6.07, 6.45) is 2.99. The normalized spacial score (nSPS) is 17.6. The molecule has 1 unspecified atom stereocenters. The van der Waals surface area contributed by atoms with Crippen molar-refractivity contribution in [1.29, 1.82) is 0 Å². The number of imidazole rings is 1. The molecule has 1 fully saturated rings. The van der Waals surface area contributed by atoms with E-state index in [9.17, 15) is 9.90 Å². The number of likely N-dealkylation sites (tertiary alicyclic amines) is 1. The van der Waals surface area contributed by atoms with Crippen LogP contribution in [0.3, 0.4) is 0 Å². The van der Waals surface area contributed by atoms with Gasteiger partial charge in [-0.05, 0) is 56.5 Å². The van der Waals surface area contributed by atoms with E-state index in [1.165, 1.54) is 5.52 Å². The number of aromatic nitrogens is 2. The zero-order chi connectivity index (χ0) is 18.8. The predicted octanol–water partition coefficient (Wildman–Crippen LogP) is 4.13. The first-order valence-corrected chi connectivity index (χ1v) is 9.69. The van der Waals surface area contributed by atoms with Crippen LogP contribution in [-0.2, 0) is 13.0 Å². The Morgan fingerprint density at radius 3 is 2.78 bits per heavy atom. The molecule has 1 saturated heterocycles. The zero-order valence-electron chi connectivity index (χ0n) is 15.6. The number of carboxylic acid groups (broad SMARTS) is 1. The molecule has 0 bridgehead atoms. The summed E-state index contributed by atoms with van der Waals surface area (Å²) in [6.45, 7) is 4.96. The third-order valence-electron chi connectivity index (χ3n) is 5.58. The van der Waals surface area contributed by atoms with E-state index in [4.69, 9.17) is 4.98 Å². The third kappa shape index (κ3) is 3.35. The summed E-state index contributed by atoms with van der Waals surface area (Å²) >= 11 is 0. The van der Waals surface area contributed by atoms with Crippen LogP contribution in [0.25, 0.3) is 11.0 Å². The number of nitrogens with zero attached hydrogens (tertiary/aromatic N) is 3. The summed E-state index contributed by atoms with van der Waals surface area (Å²) in [5.74, 6) is 0.291. The van der Waals surface area contributed by atoms with Gasteiger partial charge >= 0.3 is 5.97 Å². The van der Waals surface area contributed by atoms with Crippen molar-refractivity contribution in [2.45, 2.75) is 38.8 Å². The van der Waals surface area contributed by atoms with E-state index in [2.05, 4.69) is 34.6 Å². The third-order valence-corrected chi connectivity index (χ3v) is 5.58. The van der Waals surface area contributed by atoms with E-state index in [-0.39, 0.29) is 0 Å². The highest BCUT2D eigenvalue weighted by molar-refractivity contribution is 5.89. The van der Waals surface area contributed by atoms with Gasteiger partial charge in [-0.1, -0.05) is 30.3 Å². The first-order chi connectivity index (χ1) is 13.2. The Morgan fingerprint density at radius 1 is 1.19 bits per heavy atom. The van der Waals surface area contributed by atoms with Crippen LogP contribution >= 0.6 is 0 Å². The quantitative estimate of drug-likeness (QED) is 0.715. The highest BCUT2D eigenvalue weighted by atomic mass is 16.4. The molecule has 0 amide bonds. The smallest absolute Gasteiger partial charge is 0.335 e. The summed E-state index contributed by atoms with van der Waals surface area (Å²) in [6, 6.07) is 15.9. The largest absolute Gasteiger partial charge is 0.478 e. The molecule has 1 N–H and O–H groups in total. The number of carbonyl (C=O) groups is 1. The summed E-state index contributed by atoms with van der Waals surface area (Å²) in [7, 11) is 0. The fourth-order valence-corrected chi connectivity index (χ4v) is 4.28. The molecular formula is C22H25N3O2. The molecule has 140 valence electrons. The van der Waals surface area contributed by atoms with Crippen LogP contribution in [0.5, 0.6) is 0 Å². The molecule has 4 rings (SSSR count). The highest BCUT2D eigenvalue weighted by Crippen LogP contribution is 2.33. The van der Waals surface area contributed by atoms with Crippen LogP contribution in [0, 0.1) is 0 Å². The Hall–Kier alpha value is -2.66. The van der Waals surface area contributed by atoms with Gasteiger partial charge in [-0.3, -0.25) is 4.90 Å². The number of benzene rings is 2.